The third-order valence-corrected chi connectivity index (χ3v) is 1.29. The molecule has 0 radical (unpaired) electrons. The zero-order chi connectivity index (χ0) is 11.8. The average molecular weight is 216 g/mol. The number of carbonyl (C=O) groups is 2. The van der Waals surface area contributed by atoms with Crippen LogP contribution in [0, 0.1) is 0 Å². The molecule has 6 heteroatoms. The second-order valence-electron chi connectivity index (χ2n) is 2.66. The molecule has 0 atom stereocenters. The third kappa shape index (κ3) is 5.61. The maximum Gasteiger partial charge on any atom is 0.372 e. The SMILES string of the molecule is C=C(C)C(=O)OOOC(=O)/C(C)=C/CO. The second-order valence-corrected chi connectivity index (χ2v) is 2.66. The molecule has 84 valence electrons. The molecule has 1 N–H and O–H groups in total. The number of aliphatic hydroxyl groups is 1. The van der Waals surface area contributed by atoms with Crippen molar-refractivity contribution in [2.24, 2.45) is 0 Å². The number of aliphatic hydroxyl groups excluding tert-OH is 1. The normalized spacial score (nSPS) is 10.7. The van der Waals surface area contributed by atoms with Crippen molar-refractivity contribution in [2.45, 2.75) is 13.8 Å². The fourth-order valence-electron chi connectivity index (χ4n) is 0.436. The van der Waals surface area contributed by atoms with Crippen LogP contribution in [0.15, 0.2) is 23.8 Å². The maximum atomic E-state index is 10.9. The lowest BCUT2D eigenvalue weighted by atomic mass is 10.3. The molecule has 0 aromatic carbocycles. The van der Waals surface area contributed by atoms with Gasteiger partial charge in [-0.3, -0.25) is 9.78 Å². The Hall–Kier alpha value is -1.66. The Bertz CT molecular complexity index is 291. The largest absolute Gasteiger partial charge is 0.392 e. The second kappa shape index (κ2) is 6.74. The highest BCUT2D eigenvalue weighted by Gasteiger charge is 2.10. The molecular weight excluding hydrogens is 204 g/mol. The highest BCUT2D eigenvalue weighted by Crippen LogP contribution is 1.99. The fraction of sp³-hybridized carbons (Fsp3) is 0.333. The molecular formula is C9H12O6. The van der Waals surface area contributed by atoms with Crippen LogP contribution < -0.4 is 0 Å². The Morgan fingerprint density at radius 2 is 1.80 bits per heavy atom. The van der Waals surface area contributed by atoms with Crippen molar-refractivity contribution in [3.8, 4) is 0 Å². The summed E-state index contributed by atoms with van der Waals surface area (Å²) in [6.07, 6.45) is 1.21. The van der Waals surface area contributed by atoms with Gasteiger partial charge in [-0.05, 0) is 19.9 Å². The maximum absolute atomic E-state index is 10.9. The molecule has 0 heterocycles. The van der Waals surface area contributed by atoms with E-state index in [1.54, 1.807) is 0 Å². The van der Waals surface area contributed by atoms with Gasteiger partial charge in [0.15, 0.2) is 0 Å². The van der Waals surface area contributed by atoms with Crippen LogP contribution in [0.5, 0.6) is 0 Å². The van der Waals surface area contributed by atoms with Gasteiger partial charge in [0.1, 0.15) is 0 Å². The summed E-state index contributed by atoms with van der Waals surface area (Å²) in [6.45, 7) is 5.79. The lowest BCUT2D eigenvalue weighted by Gasteiger charge is -2.01. The molecule has 0 rings (SSSR count). The summed E-state index contributed by atoms with van der Waals surface area (Å²) in [4.78, 5) is 29.8. The zero-order valence-corrected chi connectivity index (χ0v) is 8.48. The summed E-state index contributed by atoms with van der Waals surface area (Å²) in [5.41, 5.74) is 0.234. The van der Waals surface area contributed by atoms with Crippen LogP contribution in [0.2, 0.25) is 0 Å². The third-order valence-electron chi connectivity index (χ3n) is 1.29. The lowest BCUT2D eigenvalue weighted by Crippen LogP contribution is -2.11. The first-order chi connectivity index (χ1) is 6.99. The summed E-state index contributed by atoms with van der Waals surface area (Å²) in [6, 6.07) is 0. The Morgan fingerprint density at radius 1 is 1.27 bits per heavy atom. The van der Waals surface area contributed by atoms with Crippen molar-refractivity contribution in [3.63, 3.8) is 0 Å². The molecule has 0 aliphatic rings. The van der Waals surface area contributed by atoms with Gasteiger partial charge in [0.25, 0.3) is 0 Å². The van der Waals surface area contributed by atoms with Crippen molar-refractivity contribution in [2.75, 3.05) is 6.61 Å². The highest BCUT2D eigenvalue weighted by molar-refractivity contribution is 5.87. The van der Waals surface area contributed by atoms with E-state index in [0.717, 1.165) is 0 Å². The number of carbonyl (C=O) groups excluding carboxylic acids is 2. The Kier molecular flexibility index (Phi) is 6.00. The standard InChI is InChI=1S/C9H12O6/c1-6(2)8(11)13-15-14-9(12)7(3)4-5-10/h4,10H,1,5H2,2-3H3/b7-4+. The van der Waals surface area contributed by atoms with Crippen molar-refractivity contribution in [1.29, 1.82) is 0 Å². The van der Waals surface area contributed by atoms with Gasteiger partial charge in [0.2, 0.25) is 0 Å². The van der Waals surface area contributed by atoms with Crippen molar-refractivity contribution < 1.29 is 29.5 Å². The van der Waals surface area contributed by atoms with Gasteiger partial charge in [-0.1, -0.05) is 6.58 Å². The first-order valence-electron chi connectivity index (χ1n) is 4.02. The molecule has 0 fully saturated rings. The quantitative estimate of drug-likeness (QED) is 0.408. The van der Waals surface area contributed by atoms with Gasteiger partial charge in [-0.25, -0.2) is 9.59 Å². The fourth-order valence-corrected chi connectivity index (χ4v) is 0.436. The van der Waals surface area contributed by atoms with E-state index in [9.17, 15) is 9.59 Å². The smallest absolute Gasteiger partial charge is 0.372 e. The van der Waals surface area contributed by atoms with E-state index in [0.29, 0.717) is 0 Å². The monoisotopic (exact) mass is 216 g/mol. The van der Waals surface area contributed by atoms with Gasteiger partial charge in [-0.2, -0.15) is 0 Å². The number of hydrogen-bond donors (Lipinski definition) is 1. The number of hydrogen-bond acceptors (Lipinski definition) is 6. The Balaban J connectivity index is 3.88. The van der Waals surface area contributed by atoms with E-state index in [1.807, 2.05) is 0 Å². The minimum absolute atomic E-state index is 0.105. The van der Waals surface area contributed by atoms with E-state index in [-0.39, 0.29) is 17.8 Å². The van der Waals surface area contributed by atoms with E-state index >= 15 is 0 Å². The van der Waals surface area contributed by atoms with Crippen molar-refractivity contribution in [3.05, 3.63) is 23.8 Å². The van der Waals surface area contributed by atoms with Crippen LogP contribution in [0.1, 0.15) is 13.8 Å². The van der Waals surface area contributed by atoms with E-state index in [1.165, 1.54) is 19.9 Å². The topological polar surface area (TPSA) is 82.1 Å². The predicted molar refractivity (Wildman–Crippen MR) is 48.9 cm³/mol. The van der Waals surface area contributed by atoms with Gasteiger partial charge < -0.3 is 5.11 Å². The first-order valence-corrected chi connectivity index (χ1v) is 4.02. The molecule has 0 saturated heterocycles. The Labute approximate surface area is 86.6 Å². The molecule has 0 aliphatic carbocycles. The summed E-state index contributed by atoms with van der Waals surface area (Å²) < 4.78 is 0. The highest BCUT2D eigenvalue weighted by atomic mass is 17.5. The van der Waals surface area contributed by atoms with Gasteiger partial charge in [-0.15, -0.1) is 0 Å². The molecule has 0 aromatic rings. The summed E-state index contributed by atoms with van der Waals surface area (Å²) in [5, 5.41) is 12.4. The van der Waals surface area contributed by atoms with Gasteiger partial charge >= 0.3 is 11.9 Å². The minimum atomic E-state index is -0.862. The van der Waals surface area contributed by atoms with Crippen molar-refractivity contribution >= 4 is 11.9 Å². The first kappa shape index (κ1) is 13.3. The van der Waals surface area contributed by atoms with Crippen molar-refractivity contribution in [1.82, 2.24) is 0 Å². The van der Waals surface area contributed by atoms with Crippen LogP contribution in [0.3, 0.4) is 0 Å². The number of rotatable bonds is 5. The summed E-state index contributed by atoms with van der Waals surface area (Å²) in [7, 11) is 0. The predicted octanol–water partition coefficient (Wildman–Crippen LogP) is 0.434. The van der Waals surface area contributed by atoms with E-state index < -0.39 is 11.9 Å². The molecule has 0 aliphatic heterocycles. The van der Waals surface area contributed by atoms with Crippen LogP contribution >= 0.6 is 0 Å². The summed E-state index contributed by atoms with van der Waals surface area (Å²) >= 11 is 0. The molecule has 0 amide bonds. The van der Waals surface area contributed by atoms with E-state index in [4.69, 9.17) is 5.11 Å². The minimum Gasteiger partial charge on any atom is -0.392 e. The molecule has 0 saturated carbocycles. The van der Waals surface area contributed by atoms with Gasteiger partial charge in [0.05, 0.1) is 6.61 Å². The van der Waals surface area contributed by atoms with Gasteiger partial charge in [0, 0.05) is 16.2 Å². The van der Waals surface area contributed by atoms with Crippen LogP contribution in [0.25, 0.3) is 0 Å². The molecule has 0 spiro atoms. The summed E-state index contributed by atoms with van der Waals surface area (Å²) in [5.74, 6) is -1.70. The molecule has 0 unspecified atom stereocenters. The van der Waals surface area contributed by atoms with Crippen LogP contribution in [-0.2, 0) is 24.4 Å². The molecule has 6 nitrogen and oxygen atoms in total. The Morgan fingerprint density at radius 3 is 2.27 bits per heavy atom. The average Bonchev–Trinajstić information content (AvgIpc) is 2.17. The lowest BCUT2D eigenvalue weighted by molar-refractivity contribution is -0.456. The van der Waals surface area contributed by atoms with Crippen LogP contribution in [-0.4, -0.2) is 23.7 Å². The molecule has 15 heavy (non-hydrogen) atoms. The zero-order valence-electron chi connectivity index (χ0n) is 8.48. The molecule has 0 bridgehead atoms. The van der Waals surface area contributed by atoms with E-state index in [2.05, 4.69) is 21.4 Å². The van der Waals surface area contributed by atoms with Crippen LogP contribution in [0.4, 0.5) is 0 Å². The molecule has 0 aromatic heterocycles.